The van der Waals surface area contributed by atoms with E-state index < -0.39 is 0 Å². The summed E-state index contributed by atoms with van der Waals surface area (Å²) >= 11 is 5.20. The van der Waals surface area contributed by atoms with E-state index in [2.05, 4.69) is 29.8 Å². The third-order valence-corrected chi connectivity index (χ3v) is 4.17. The standard InChI is InChI=1S/C21H25N3O2S/c1-4-5-19(25)22-17-10-12-18(13-11-17)23-21(27)24-20(26)16-8-6-15(7-9-16)14(2)3/h6-14H,4-5H2,1-3H3,(H,22,25)(H2,23,24,26,27). The van der Waals surface area contributed by atoms with Crippen molar-refractivity contribution in [3.8, 4) is 0 Å². The first-order valence-electron chi connectivity index (χ1n) is 9.01. The molecular weight excluding hydrogens is 358 g/mol. The first-order valence-corrected chi connectivity index (χ1v) is 9.42. The molecule has 2 aromatic carbocycles. The van der Waals surface area contributed by atoms with Crippen molar-refractivity contribution >= 4 is 40.5 Å². The van der Waals surface area contributed by atoms with E-state index in [9.17, 15) is 9.59 Å². The van der Waals surface area contributed by atoms with Gasteiger partial charge in [-0.05, 0) is 66.5 Å². The molecule has 6 heteroatoms. The molecule has 2 amide bonds. The summed E-state index contributed by atoms with van der Waals surface area (Å²) in [5.41, 5.74) is 3.18. The third kappa shape index (κ3) is 6.49. The van der Waals surface area contributed by atoms with E-state index in [1.807, 2.05) is 19.1 Å². The Kier molecular flexibility index (Phi) is 7.49. The van der Waals surface area contributed by atoms with E-state index in [0.717, 1.165) is 17.8 Å². The maximum Gasteiger partial charge on any atom is 0.257 e. The number of hydrogen-bond acceptors (Lipinski definition) is 3. The van der Waals surface area contributed by atoms with Crippen LogP contribution in [0.2, 0.25) is 0 Å². The molecular formula is C21H25N3O2S. The van der Waals surface area contributed by atoms with Gasteiger partial charge in [0.2, 0.25) is 5.91 Å². The molecule has 3 N–H and O–H groups in total. The zero-order valence-electron chi connectivity index (χ0n) is 15.8. The molecule has 0 aliphatic carbocycles. The molecule has 0 saturated heterocycles. The van der Waals surface area contributed by atoms with Crippen molar-refractivity contribution in [2.24, 2.45) is 0 Å². The zero-order valence-corrected chi connectivity index (χ0v) is 16.7. The molecule has 2 aromatic rings. The SMILES string of the molecule is CCCC(=O)Nc1ccc(NC(=S)NC(=O)c2ccc(C(C)C)cc2)cc1. The molecule has 0 aliphatic rings. The molecule has 0 unspecified atom stereocenters. The number of carbonyl (C=O) groups is 2. The van der Waals surface area contributed by atoms with Crippen molar-refractivity contribution in [1.29, 1.82) is 0 Å². The second-order valence-corrected chi connectivity index (χ2v) is 6.97. The van der Waals surface area contributed by atoms with E-state index in [-0.39, 0.29) is 16.9 Å². The van der Waals surface area contributed by atoms with Crippen LogP contribution in [0.5, 0.6) is 0 Å². The summed E-state index contributed by atoms with van der Waals surface area (Å²) in [6.07, 6.45) is 1.30. The maximum atomic E-state index is 12.3. The maximum absolute atomic E-state index is 12.3. The van der Waals surface area contributed by atoms with E-state index in [1.165, 1.54) is 5.56 Å². The van der Waals surface area contributed by atoms with Crippen LogP contribution in [0.25, 0.3) is 0 Å². The molecule has 0 saturated carbocycles. The van der Waals surface area contributed by atoms with Crippen molar-refractivity contribution in [2.45, 2.75) is 39.5 Å². The molecule has 0 fully saturated rings. The van der Waals surface area contributed by atoms with Gasteiger partial charge in [-0.3, -0.25) is 14.9 Å². The highest BCUT2D eigenvalue weighted by Crippen LogP contribution is 2.15. The van der Waals surface area contributed by atoms with Crippen molar-refractivity contribution in [3.63, 3.8) is 0 Å². The normalized spacial score (nSPS) is 10.4. The fourth-order valence-corrected chi connectivity index (χ4v) is 2.66. The molecule has 0 bridgehead atoms. The predicted octanol–water partition coefficient (Wildman–Crippen LogP) is 4.68. The van der Waals surface area contributed by atoms with E-state index >= 15 is 0 Å². The summed E-state index contributed by atoms with van der Waals surface area (Å²) in [7, 11) is 0. The molecule has 5 nitrogen and oxygen atoms in total. The Labute approximate surface area is 165 Å². The summed E-state index contributed by atoms with van der Waals surface area (Å²) in [5.74, 6) is 0.148. The summed E-state index contributed by atoms with van der Waals surface area (Å²) in [4.78, 5) is 23.9. The van der Waals surface area contributed by atoms with E-state index in [4.69, 9.17) is 12.2 Å². The highest BCUT2D eigenvalue weighted by molar-refractivity contribution is 7.80. The van der Waals surface area contributed by atoms with Gasteiger partial charge >= 0.3 is 0 Å². The second-order valence-electron chi connectivity index (χ2n) is 6.56. The second kappa shape index (κ2) is 9.83. The molecule has 142 valence electrons. The fourth-order valence-electron chi connectivity index (χ4n) is 2.44. The first kappa shape index (κ1) is 20.6. The zero-order chi connectivity index (χ0) is 19.8. The van der Waals surface area contributed by atoms with E-state index in [1.54, 1.807) is 36.4 Å². The molecule has 0 atom stereocenters. The van der Waals surface area contributed by atoms with Crippen LogP contribution in [0, 0.1) is 0 Å². The number of nitrogens with one attached hydrogen (secondary N) is 3. The Hall–Kier alpha value is -2.73. The number of amides is 2. The van der Waals surface area contributed by atoms with Crippen LogP contribution >= 0.6 is 12.2 Å². The predicted molar refractivity (Wildman–Crippen MR) is 114 cm³/mol. The smallest absolute Gasteiger partial charge is 0.257 e. The van der Waals surface area contributed by atoms with Crippen molar-refractivity contribution in [3.05, 3.63) is 59.7 Å². The Morgan fingerprint density at radius 3 is 2.00 bits per heavy atom. The number of benzene rings is 2. The minimum absolute atomic E-state index is 0.00974. The molecule has 0 heterocycles. The lowest BCUT2D eigenvalue weighted by Gasteiger charge is -2.11. The number of rotatable bonds is 6. The van der Waals surface area contributed by atoms with Gasteiger partial charge < -0.3 is 10.6 Å². The Balaban J connectivity index is 1.89. The average molecular weight is 384 g/mol. The lowest BCUT2D eigenvalue weighted by atomic mass is 10.0. The molecule has 2 rings (SSSR count). The summed E-state index contributed by atoms with van der Waals surface area (Å²) in [6.45, 7) is 6.17. The Bertz CT molecular complexity index is 799. The lowest BCUT2D eigenvalue weighted by Crippen LogP contribution is -2.34. The molecule has 27 heavy (non-hydrogen) atoms. The number of thiocarbonyl (C=S) groups is 1. The van der Waals surface area contributed by atoms with Crippen molar-refractivity contribution in [1.82, 2.24) is 5.32 Å². The third-order valence-electron chi connectivity index (χ3n) is 3.97. The highest BCUT2D eigenvalue weighted by atomic mass is 32.1. The number of hydrogen-bond donors (Lipinski definition) is 3. The van der Waals surface area contributed by atoms with Gasteiger partial charge in [0.25, 0.3) is 5.91 Å². The van der Waals surface area contributed by atoms with Crippen LogP contribution in [-0.4, -0.2) is 16.9 Å². The van der Waals surface area contributed by atoms with Crippen LogP contribution in [0.15, 0.2) is 48.5 Å². The molecule has 0 aromatic heterocycles. The monoisotopic (exact) mass is 383 g/mol. The Morgan fingerprint density at radius 2 is 1.48 bits per heavy atom. The van der Waals surface area contributed by atoms with Gasteiger partial charge in [-0.15, -0.1) is 0 Å². The summed E-state index contributed by atoms with van der Waals surface area (Å²) < 4.78 is 0. The van der Waals surface area contributed by atoms with Crippen molar-refractivity contribution in [2.75, 3.05) is 10.6 Å². The highest BCUT2D eigenvalue weighted by Gasteiger charge is 2.09. The van der Waals surface area contributed by atoms with Crippen molar-refractivity contribution < 1.29 is 9.59 Å². The quantitative estimate of drug-likeness (QED) is 0.634. The number of anilines is 2. The van der Waals surface area contributed by atoms with Gasteiger partial charge in [0.15, 0.2) is 5.11 Å². The average Bonchev–Trinajstić information content (AvgIpc) is 2.63. The lowest BCUT2D eigenvalue weighted by molar-refractivity contribution is -0.116. The van der Waals surface area contributed by atoms with Gasteiger partial charge in [-0.2, -0.15) is 0 Å². The van der Waals surface area contributed by atoms with Crippen LogP contribution in [0.3, 0.4) is 0 Å². The van der Waals surface area contributed by atoms with Gasteiger partial charge in [-0.1, -0.05) is 32.9 Å². The minimum atomic E-state index is -0.258. The van der Waals surface area contributed by atoms with Crippen LogP contribution in [-0.2, 0) is 4.79 Å². The van der Waals surface area contributed by atoms with Crippen LogP contribution in [0.1, 0.15) is 55.5 Å². The summed E-state index contributed by atoms with van der Waals surface area (Å²) in [6, 6.07) is 14.6. The first-order chi connectivity index (χ1) is 12.9. The largest absolute Gasteiger partial charge is 0.332 e. The molecule has 0 spiro atoms. The van der Waals surface area contributed by atoms with Gasteiger partial charge in [-0.25, -0.2) is 0 Å². The topological polar surface area (TPSA) is 70.2 Å². The fraction of sp³-hybridized carbons (Fsp3) is 0.286. The van der Waals surface area contributed by atoms with Crippen LogP contribution < -0.4 is 16.0 Å². The summed E-state index contributed by atoms with van der Waals surface area (Å²) in [5, 5.41) is 8.67. The van der Waals surface area contributed by atoms with Gasteiger partial charge in [0.1, 0.15) is 0 Å². The minimum Gasteiger partial charge on any atom is -0.332 e. The van der Waals surface area contributed by atoms with E-state index in [0.29, 0.717) is 17.9 Å². The van der Waals surface area contributed by atoms with Crippen LogP contribution in [0.4, 0.5) is 11.4 Å². The number of carbonyl (C=O) groups excluding carboxylic acids is 2. The molecule has 0 radical (unpaired) electrons. The van der Waals surface area contributed by atoms with Gasteiger partial charge in [0, 0.05) is 23.4 Å². The molecule has 0 aliphatic heterocycles. The Morgan fingerprint density at radius 1 is 0.926 bits per heavy atom. The van der Waals surface area contributed by atoms with Gasteiger partial charge in [0.05, 0.1) is 0 Å².